The lowest BCUT2D eigenvalue weighted by atomic mass is 10.0. The summed E-state index contributed by atoms with van der Waals surface area (Å²) in [6, 6.07) is 13.9. The Balaban J connectivity index is 1.89. The fraction of sp³-hybridized carbons (Fsp3) is 0.182. The third-order valence-electron chi connectivity index (χ3n) is 4.29. The first kappa shape index (κ1) is 19.5. The van der Waals surface area contributed by atoms with Gasteiger partial charge in [-0.05, 0) is 31.5 Å². The molecule has 2 aromatic carbocycles. The number of nitrogens with zero attached hydrogens (tertiary/aromatic N) is 2. The molecule has 1 aromatic heterocycles. The number of aryl methyl sites for hydroxylation is 2. The number of nitrogens with one attached hydrogen (secondary N) is 1. The molecule has 0 spiro atoms. The molecule has 0 aliphatic carbocycles. The summed E-state index contributed by atoms with van der Waals surface area (Å²) < 4.78 is 10.6. The number of allylic oxidation sites excluding steroid dienone is 1. The van der Waals surface area contributed by atoms with Gasteiger partial charge in [0.25, 0.3) is 0 Å². The molecule has 0 aliphatic heterocycles. The molecule has 5 nitrogen and oxygen atoms in total. The van der Waals surface area contributed by atoms with Crippen LogP contribution in [-0.4, -0.2) is 19.2 Å². The topological polar surface area (TPSA) is 67.2 Å². The Labute approximate surface area is 168 Å². The molecule has 0 bridgehead atoms. The predicted octanol–water partition coefficient (Wildman–Crippen LogP) is 5.42. The van der Waals surface area contributed by atoms with Crippen LogP contribution in [0.3, 0.4) is 0 Å². The van der Waals surface area contributed by atoms with Crippen LogP contribution in [0, 0.1) is 25.2 Å². The van der Waals surface area contributed by atoms with Gasteiger partial charge in [0, 0.05) is 23.2 Å². The second kappa shape index (κ2) is 8.59. The molecule has 142 valence electrons. The highest BCUT2D eigenvalue weighted by Gasteiger charge is 2.11. The summed E-state index contributed by atoms with van der Waals surface area (Å²) in [7, 11) is 3.20. The molecule has 0 radical (unpaired) electrons. The molecule has 0 atom stereocenters. The van der Waals surface area contributed by atoms with Gasteiger partial charge >= 0.3 is 0 Å². The van der Waals surface area contributed by atoms with Crippen molar-refractivity contribution in [1.82, 2.24) is 4.98 Å². The summed E-state index contributed by atoms with van der Waals surface area (Å²) in [5.74, 6) is 1.35. The number of methoxy groups -OCH3 is 2. The van der Waals surface area contributed by atoms with Crippen LogP contribution in [0.15, 0.2) is 48.0 Å². The highest BCUT2D eigenvalue weighted by molar-refractivity contribution is 7.11. The van der Waals surface area contributed by atoms with Gasteiger partial charge in [0.1, 0.15) is 28.1 Å². The number of hydrogen-bond acceptors (Lipinski definition) is 6. The zero-order chi connectivity index (χ0) is 20.1. The van der Waals surface area contributed by atoms with Crippen molar-refractivity contribution in [3.8, 4) is 28.8 Å². The monoisotopic (exact) mass is 391 g/mol. The zero-order valence-electron chi connectivity index (χ0n) is 16.2. The number of thiazole rings is 1. The SMILES string of the molecule is COc1ccc(OC)c(N/C=C(\C#N)c2nc(-c3ccc(C)cc3C)cs2)c1. The Morgan fingerprint density at radius 1 is 1.14 bits per heavy atom. The van der Waals surface area contributed by atoms with Gasteiger partial charge in [-0.15, -0.1) is 11.3 Å². The van der Waals surface area contributed by atoms with Crippen molar-refractivity contribution >= 4 is 22.6 Å². The van der Waals surface area contributed by atoms with Crippen LogP contribution in [-0.2, 0) is 0 Å². The molecule has 0 aliphatic rings. The lowest BCUT2D eigenvalue weighted by Crippen LogP contribution is -1.96. The average Bonchev–Trinajstić information content (AvgIpc) is 3.18. The Morgan fingerprint density at radius 3 is 2.64 bits per heavy atom. The summed E-state index contributed by atoms with van der Waals surface area (Å²) in [5, 5.41) is 15.4. The van der Waals surface area contributed by atoms with Gasteiger partial charge < -0.3 is 14.8 Å². The van der Waals surface area contributed by atoms with E-state index >= 15 is 0 Å². The lowest BCUT2D eigenvalue weighted by Gasteiger charge is -2.10. The van der Waals surface area contributed by atoms with Crippen LogP contribution in [0.25, 0.3) is 16.8 Å². The number of nitriles is 1. The average molecular weight is 391 g/mol. The molecule has 0 saturated heterocycles. The van der Waals surface area contributed by atoms with Crippen LogP contribution in [0.5, 0.6) is 11.5 Å². The van der Waals surface area contributed by atoms with Gasteiger partial charge in [-0.3, -0.25) is 0 Å². The maximum Gasteiger partial charge on any atom is 0.142 e. The van der Waals surface area contributed by atoms with E-state index in [2.05, 4.69) is 48.4 Å². The second-order valence-electron chi connectivity index (χ2n) is 6.24. The van der Waals surface area contributed by atoms with Crippen molar-refractivity contribution in [3.05, 3.63) is 64.1 Å². The summed E-state index contributed by atoms with van der Waals surface area (Å²) in [6.07, 6.45) is 1.64. The lowest BCUT2D eigenvalue weighted by molar-refractivity contribution is 0.405. The normalized spacial score (nSPS) is 11.0. The first-order valence-corrected chi connectivity index (χ1v) is 9.56. The van der Waals surface area contributed by atoms with E-state index in [9.17, 15) is 5.26 Å². The predicted molar refractivity (Wildman–Crippen MR) is 114 cm³/mol. The molecule has 0 fully saturated rings. The Morgan fingerprint density at radius 2 is 1.96 bits per heavy atom. The molecule has 3 aromatic rings. The van der Waals surface area contributed by atoms with E-state index in [4.69, 9.17) is 9.47 Å². The van der Waals surface area contributed by atoms with Crippen molar-refractivity contribution in [2.24, 2.45) is 0 Å². The van der Waals surface area contributed by atoms with Gasteiger partial charge in [0.05, 0.1) is 25.6 Å². The summed E-state index contributed by atoms with van der Waals surface area (Å²) in [5.41, 5.74) is 5.49. The minimum atomic E-state index is 0.450. The van der Waals surface area contributed by atoms with Crippen LogP contribution in [0.2, 0.25) is 0 Å². The maximum atomic E-state index is 9.61. The summed E-state index contributed by atoms with van der Waals surface area (Å²) >= 11 is 1.44. The Hall–Kier alpha value is -3.30. The van der Waals surface area contributed by atoms with Crippen LogP contribution in [0.4, 0.5) is 5.69 Å². The fourth-order valence-corrected chi connectivity index (χ4v) is 3.63. The molecule has 0 unspecified atom stereocenters. The van der Waals surface area contributed by atoms with E-state index in [0.29, 0.717) is 27.8 Å². The fourth-order valence-electron chi connectivity index (χ4n) is 2.84. The van der Waals surface area contributed by atoms with Crippen molar-refractivity contribution in [2.45, 2.75) is 13.8 Å². The molecule has 28 heavy (non-hydrogen) atoms. The van der Waals surface area contributed by atoms with Crippen molar-refractivity contribution in [3.63, 3.8) is 0 Å². The highest BCUT2D eigenvalue weighted by atomic mass is 32.1. The third-order valence-corrected chi connectivity index (χ3v) is 5.17. The third kappa shape index (κ3) is 4.16. The molecule has 0 saturated carbocycles. The van der Waals surface area contributed by atoms with E-state index in [-0.39, 0.29) is 0 Å². The van der Waals surface area contributed by atoms with E-state index < -0.39 is 0 Å². The molecule has 6 heteroatoms. The van der Waals surface area contributed by atoms with Crippen LogP contribution < -0.4 is 14.8 Å². The van der Waals surface area contributed by atoms with Gasteiger partial charge in [-0.2, -0.15) is 5.26 Å². The minimum absolute atomic E-state index is 0.450. The van der Waals surface area contributed by atoms with E-state index in [1.807, 2.05) is 23.6 Å². The van der Waals surface area contributed by atoms with Gasteiger partial charge in [0.2, 0.25) is 0 Å². The van der Waals surface area contributed by atoms with Crippen LogP contribution in [0.1, 0.15) is 16.1 Å². The smallest absolute Gasteiger partial charge is 0.142 e. The van der Waals surface area contributed by atoms with Crippen LogP contribution >= 0.6 is 11.3 Å². The van der Waals surface area contributed by atoms with Crippen molar-refractivity contribution in [1.29, 1.82) is 5.26 Å². The molecule has 1 heterocycles. The van der Waals surface area contributed by atoms with Crippen molar-refractivity contribution < 1.29 is 9.47 Å². The van der Waals surface area contributed by atoms with E-state index in [1.54, 1.807) is 20.4 Å². The molecular weight excluding hydrogens is 370 g/mol. The Bertz CT molecular complexity index is 1060. The van der Waals surface area contributed by atoms with Crippen molar-refractivity contribution in [2.75, 3.05) is 19.5 Å². The number of benzene rings is 2. The summed E-state index contributed by atoms with van der Waals surface area (Å²) in [4.78, 5) is 4.66. The van der Waals surface area contributed by atoms with E-state index in [1.165, 1.54) is 22.5 Å². The largest absolute Gasteiger partial charge is 0.497 e. The number of hydrogen-bond donors (Lipinski definition) is 1. The molecular formula is C22H21N3O2S. The minimum Gasteiger partial charge on any atom is -0.497 e. The summed E-state index contributed by atoms with van der Waals surface area (Å²) in [6.45, 7) is 4.14. The standard InChI is InChI=1S/C22H21N3O2S/c1-14-5-7-18(15(2)9-14)20-13-28-22(25-20)16(11-23)12-24-19-10-17(26-3)6-8-21(19)27-4/h5-10,12-13,24H,1-4H3/b16-12+. The van der Waals surface area contributed by atoms with Gasteiger partial charge in [0.15, 0.2) is 0 Å². The first-order chi connectivity index (χ1) is 13.5. The maximum absolute atomic E-state index is 9.61. The number of ether oxygens (including phenoxy) is 2. The zero-order valence-corrected chi connectivity index (χ0v) is 17.1. The highest BCUT2D eigenvalue weighted by Crippen LogP contribution is 2.31. The number of rotatable bonds is 6. The Kier molecular flexibility index (Phi) is 5.97. The first-order valence-electron chi connectivity index (χ1n) is 8.68. The molecule has 0 amide bonds. The molecule has 1 N–H and O–H groups in total. The second-order valence-corrected chi connectivity index (χ2v) is 7.09. The van der Waals surface area contributed by atoms with Gasteiger partial charge in [-0.25, -0.2) is 4.98 Å². The molecule has 3 rings (SSSR count). The van der Waals surface area contributed by atoms with Gasteiger partial charge in [-0.1, -0.05) is 23.8 Å². The van der Waals surface area contributed by atoms with E-state index in [0.717, 1.165) is 11.3 Å². The number of aromatic nitrogens is 1. The number of anilines is 1. The quantitative estimate of drug-likeness (QED) is 0.568.